The molecule has 2 aromatic heterocycles. The molecule has 0 spiro atoms. The third kappa shape index (κ3) is 4.01. The Hall–Kier alpha value is -2.01. The number of likely N-dealkylation sites (tertiary alicyclic amines) is 1. The van der Waals surface area contributed by atoms with E-state index in [0.29, 0.717) is 5.92 Å². The molecule has 22 heavy (non-hydrogen) atoms. The van der Waals surface area contributed by atoms with E-state index in [4.69, 9.17) is 4.98 Å². The first-order valence-corrected chi connectivity index (χ1v) is 7.95. The SMILES string of the molecule is CN1CCC[C@H](c2cncc(NCCc3ccccn3)n2)C1. The molecule has 1 fully saturated rings. The molecule has 5 heteroatoms. The second-order valence-corrected chi connectivity index (χ2v) is 5.93. The topological polar surface area (TPSA) is 53.9 Å². The summed E-state index contributed by atoms with van der Waals surface area (Å²) in [6.45, 7) is 3.08. The third-order valence-corrected chi connectivity index (χ3v) is 4.11. The first-order chi connectivity index (χ1) is 10.8. The van der Waals surface area contributed by atoms with Crippen LogP contribution >= 0.6 is 0 Å². The van der Waals surface area contributed by atoms with Crippen molar-refractivity contribution < 1.29 is 0 Å². The summed E-state index contributed by atoms with van der Waals surface area (Å²) in [6.07, 6.45) is 8.87. The number of anilines is 1. The summed E-state index contributed by atoms with van der Waals surface area (Å²) in [5.74, 6) is 1.37. The van der Waals surface area contributed by atoms with E-state index >= 15 is 0 Å². The highest BCUT2D eigenvalue weighted by Gasteiger charge is 2.20. The normalized spacial score (nSPS) is 19.0. The molecule has 116 valence electrons. The predicted molar refractivity (Wildman–Crippen MR) is 87.9 cm³/mol. The molecule has 0 saturated carbocycles. The Labute approximate surface area is 131 Å². The zero-order valence-electron chi connectivity index (χ0n) is 13.1. The summed E-state index contributed by atoms with van der Waals surface area (Å²) in [6, 6.07) is 6.00. The van der Waals surface area contributed by atoms with E-state index < -0.39 is 0 Å². The van der Waals surface area contributed by atoms with E-state index in [1.165, 1.54) is 19.4 Å². The molecule has 1 aliphatic heterocycles. The fraction of sp³-hybridized carbons (Fsp3) is 0.471. The van der Waals surface area contributed by atoms with Gasteiger partial charge < -0.3 is 10.2 Å². The number of nitrogens with zero attached hydrogens (tertiary/aromatic N) is 4. The summed E-state index contributed by atoms with van der Waals surface area (Å²) in [5, 5.41) is 3.36. The van der Waals surface area contributed by atoms with Gasteiger partial charge in [-0.3, -0.25) is 9.97 Å². The predicted octanol–water partition coefficient (Wildman–Crippen LogP) is 2.34. The van der Waals surface area contributed by atoms with E-state index in [-0.39, 0.29) is 0 Å². The molecular weight excluding hydrogens is 274 g/mol. The average molecular weight is 297 g/mol. The van der Waals surface area contributed by atoms with Crippen LogP contribution in [0.1, 0.15) is 30.1 Å². The molecule has 3 heterocycles. The lowest BCUT2D eigenvalue weighted by Gasteiger charge is -2.29. The number of piperidine rings is 1. The minimum absolute atomic E-state index is 0.504. The zero-order chi connectivity index (χ0) is 15.2. The molecule has 0 aromatic carbocycles. The molecule has 1 saturated heterocycles. The van der Waals surface area contributed by atoms with E-state index in [1.807, 2.05) is 30.6 Å². The first kappa shape index (κ1) is 14.9. The van der Waals surface area contributed by atoms with Crippen molar-refractivity contribution in [2.24, 2.45) is 0 Å². The van der Waals surface area contributed by atoms with Crippen LogP contribution in [-0.4, -0.2) is 46.5 Å². The van der Waals surface area contributed by atoms with Gasteiger partial charge >= 0.3 is 0 Å². The van der Waals surface area contributed by atoms with E-state index in [1.54, 1.807) is 6.20 Å². The van der Waals surface area contributed by atoms with Crippen LogP contribution in [-0.2, 0) is 6.42 Å². The molecule has 2 aromatic rings. The molecule has 3 rings (SSSR count). The maximum atomic E-state index is 4.74. The van der Waals surface area contributed by atoms with Gasteiger partial charge in [-0.2, -0.15) is 0 Å². The number of hydrogen-bond donors (Lipinski definition) is 1. The van der Waals surface area contributed by atoms with Crippen LogP contribution in [0.15, 0.2) is 36.8 Å². The van der Waals surface area contributed by atoms with Gasteiger partial charge in [0, 0.05) is 43.5 Å². The highest BCUT2D eigenvalue weighted by molar-refractivity contribution is 5.32. The van der Waals surface area contributed by atoms with Crippen molar-refractivity contribution in [1.82, 2.24) is 19.9 Å². The van der Waals surface area contributed by atoms with Gasteiger partial charge in [0.25, 0.3) is 0 Å². The fourth-order valence-electron chi connectivity index (χ4n) is 2.94. The lowest BCUT2D eigenvalue weighted by Crippen LogP contribution is -2.31. The van der Waals surface area contributed by atoms with Gasteiger partial charge in [-0.1, -0.05) is 6.07 Å². The van der Waals surface area contributed by atoms with Gasteiger partial charge in [0.05, 0.1) is 11.9 Å². The Bertz CT molecular complexity index is 587. The highest BCUT2D eigenvalue weighted by atomic mass is 15.1. The molecule has 1 aliphatic rings. The maximum Gasteiger partial charge on any atom is 0.144 e. The molecule has 1 N–H and O–H groups in total. The molecule has 0 unspecified atom stereocenters. The Morgan fingerprint density at radius 1 is 1.32 bits per heavy atom. The van der Waals surface area contributed by atoms with Crippen molar-refractivity contribution in [3.63, 3.8) is 0 Å². The third-order valence-electron chi connectivity index (χ3n) is 4.11. The molecule has 0 aliphatic carbocycles. The van der Waals surface area contributed by atoms with Crippen LogP contribution in [0.5, 0.6) is 0 Å². The second kappa shape index (κ2) is 7.31. The van der Waals surface area contributed by atoms with Crippen molar-refractivity contribution in [2.45, 2.75) is 25.2 Å². The molecule has 0 radical (unpaired) electrons. The van der Waals surface area contributed by atoms with Crippen molar-refractivity contribution in [3.05, 3.63) is 48.2 Å². The number of nitrogens with one attached hydrogen (secondary N) is 1. The highest BCUT2D eigenvalue weighted by Crippen LogP contribution is 2.24. The van der Waals surface area contributed by atoms with Gasteiger partial charge in [-0.25, -0.2) is 4.98 Å². The summed E-state index contributed by atoms with van der Waals surface area (Å²) in [5.41, 5.74) is 2.20. The van der Waals surface area contributed by atoms with Gasteiger partial charge in [0.1, 0.15) is 5.82 Å². The van der Waals surface area contributed by atoms with Crippen molar-refractivity contribution >= 4 is 5.82 Å². The summed E-state index contributed by atoms with van der Waals surface area (Å²) < 4.78 is 0. The number of pyridine rings is 1. The maximum absolute atomic E-state index is 4.74. The van der Waals surface area contributed by atoms with Crippen LogP contribution in [0.3, 0.4) is 0 Å². The van der Waals surface area contributed by atoms with E-state index in [9.17, 15) is 0 Å². The smallest absolute Gasteiger partial charge is 0.144 e. The van der Waals surface area contributed by atoms with Gasteiger partial charge in [-0.15, -0.1) is 0 Å². The van der Waals surface area contributed by atoms with Crippen molar-refractivity contribution in [1.29, 1.82) is 0 Å². The Balaban J connectivity index is 1.57. The summed E-state index contributed by atoms with van der Waals surface area (Å²) in [7, 11) is 2.18. The largest absolute Gasteiger partial charge is 0.368 e. The number of hydrogen-bond acceptors (Lipinski definition) is 5. The molecular formula is C17H23N5. The molecule has 0 amide bonds. The Morgan fingerprint density at radius 3 is 3.09 bits per heavy atom. The van der Waals surface area contributed by atoms with Gasteiger partial charge in [0.15, 0.2) is 0 Å². The summed E-state index contributed by atoms with van der Waals surface area (Å²) in [4.78, 5) is 15.8. The number of rotatable bonds is 5. The second-order valence-electron chi connectivity index (χ2n) is 5.93. The van der Waals surface area contributed by atoms with Crippen LogP contribution in [0.4, 0.5) is 5.82 Å². The summed E-state index contributed by atoms with van der Waals surface area (Å²) >= 11 is 0. The number of likely N-dealkylation sites (N-methyl/N-ethyl adjacent to an activating group) is 1. The standard InChI is InChI=1S/C17H23N5/c1-22-10-4-5-14(13-22)16-11-18-12-17(21-16)20-9-7-15-6-2-3-8-19-15/h2-3,6,8,11-12,14H,4-5,7,9-10,13H2,1H3,(H,20,21)/t14-/m0/s1. The lowest BCUT2D eigenvalue weighted by atomic mass is 9.95. The quantitative estimate of drug-likeness (QED) is 0.918. The Morgan fingerprint density at radius 2 is 2.27 bits per heavy atom. The first-order valence-electron chi connectivity index (χ1n) is 7.95. The van der Waals surface area contributed by atoms with Crippen LogP contribution in [0.25, 0.3) is 0 Å². The average Bonchev–Trinajstić information content (AvgIpc) is 2.56. The zero-order valence-corrected chi connectivity index (χ0v) is 13.1. The molecule has 5 nitrogen and oxygen atoms in total. The van der Waals surface area contributed by atoms with Crippen molar-refractivity contribution in [2.75, 3.05) is 32.0 Å². The van der Waals surface area contributed by atoms with Crippen molar-refractivity contribution in [3.8, 4) is 0 Å². The van der Waals surface area contributed by atoms with E-state index in [0.717, 1.165) is 36.7 Å². The fourth-order valence-corrected chi connectivity index (χ4v) is 2.94. The van der Waals surface area contributed by atoms with Crippen LogP contribution in [0, 0.1) is 0 Å². The Kier molecular flexibility index (Phi) is 4.96. The monoisotopic (exact) mass is 297 g/mol. The lowest BCUT2D eigenvalue weighted by molar-refractivity contribution is 0.248. The van der Waals surface area contributed by atoms with Gasteiger partial charge in [0.2, 0.25) is 0 Å². The van der Waals surface area contributed by atoms with E-state index in [2.05, 4.69) is 27.2 Å². The molecule has 1 atom stereocenters. The minimum atomic E-state index is 0.504. The van der Waals surface area contributed by atoms with Crippen LogP contribution in [0.2, 0.25) is 0 Å². The number of aromatic nitrogens is 3. The minimum Gasteiger partial charge on any atom is -0.368 e. The van der Waals surface area contributed by atoms with Gasteiger partial charge in [-0.05, 0) is 38.6 Å². The van der Waals surface area contributed by atoms with Crippen LogP contribution < -0.4 is 5.32 Å². The molecule has 0 bridgehead atoms.